The molecule has 0 radical (unpaired) electrons. The predicted molar refractivity (Wildman–Crippen MR) is 51.8 cm³/mol. The van der Waals surface area contributed by atoms with E-state index in [2.05, 4.69) is 15.3 Å². The number of aromatic nitrogens is 2. The number of nitrogens with two attached hydrogens (primary N) is 1. The van der Waals surface area contributed by atoms with Crippen molar-refractivity contribution in [3.63, 3.8) is 0 Å². The van der Waals surface area contributed by atoms with Crippen LogP contribution in [0.3, 0.4) is 0 Å². The Morgan fingerprint density at radius 1 is 1.54 bits per heavy atom. The molecule has 72 valence electrons. The van der Waals surface area contributed by atoms with Gasteiger partial charge in [0, 0.05) is 6.54 Å². The van der Waals surface area contributed by atoms with Crippen molar-refractivity contribution in [2.24, 2.45) is 0 Å². The molecule has 0 aliphatic rings. The van der Waals surface area contributed by atoms with Crippen molar-refractivity contribution in [3.05, 3.63) is 11.0 Å². The molecule has 0 amide bonds. The number of nitrogen functional groups attached to an aromatic ring is 1. The van der Waals surface area contributed by atoms with Gasteiger partial charge < -0.3 is 16.2 Å². The summed E-state index contributed by atoms with van der Waals surface area (Å²) in [6.45, 7) is 2.12. The van der Waals surface area contributed by atoms with E-state index in [1.807, 2.05) is 0 Å². The second kappa shape index (κ2) is 4.25. The van der Waals surface area contributed by atoms with E-state index in [0.29, 0.717) is 23.9 Å². The van der Waals surface area contributed by atoms with Crippen molar-refractivity contribution in [3.8, 4) is 0 Å². The number of aliphatic hydroxyl groups is 1. The predicted octanol–water partition coefficient (Wildman–Crippen LogP) is 0.425. The van der Waals surface area contributed by atoms with Gasteiger partial charge in [-0.3, -0.25) is 0 Å². The molecule has 6 heteroatoms. The molecule has 0 bridgehead atoms. The maximum Gasteiger partial charge on any atom is 0.157 e. The highest BCUT2D eigenvalue weighted by Gasteiger charge is 2.06. The Morgan fingerprint density at radius 3 is 2.85 bits per heavy atom. The van der Waals surface area contributed by atoms with E-state index in [4.69, 9.17) is 22.4 Å². The minimum Gasteiger partial charge on any atom is -0.395 e. The fourth-order valence-corrected chi connectivity index (χ4v) is 1.07. The first-order valence-corrected chi connectivity index (χ1v) is 4.17. The highest BCUT2D eigenvalue weighted by atomic mass is 35.5. The first-order valence-electron chi connectivity index (χ1n) is 3.79. The fourth-order valence-electron chi connectivity index (χ4n) is 0.856. The average Bonchev–Trinajstić information content (AvgIpc) is 2.09. The molecule has 0 aliphatic carbocycles. The molecule has 13 heavy (non-hydrogen) atoms. The quantitative estimate of drug-likeness (QED) is 0.619. The van der Waals surface area contributed by atoms with Crippen molar-refractivity contribution in [1.82, 2.24) is 9.97 Å². The summed E-state index contributed by atoms with van der Waals surface area (Å²) in [4.78, 5) is 7.90. The summed E-state index contributed by atoms with van der Waals surface area (Å²) in [6.07, 6.45) is 0. The van der Waals surface area contributed by atoms with Crippen molar-refractivity contribution in [2.45, 2.75) is 6.92 Å². The van der Waals surface area contributed by atoms with Crippen molar-refractivity contribution in [1.29, 1.82) is 0 Å². The molecule has 5 nitrogen and oxygen atoms in total. The summed E-state index contributed by atoms with van der Waals surface area (Å²) in [5, 5.41) is 11.6. The maximum atomic E-state index is 8.58. The normalized spacial score (nSPS) is 10.1. The van der Waals surface area contributed by atoms with Gasteiger partial charge in [0.25, 0.3) is 0 Å². The van der Waals surface area contributed by atoms with Crippen LogP contribution in [-0.4, -0.2) is 28.2 Å². The first-order chi connectivity index (χ1) is 6.15. The lowest BCUT2D eigenvalue weighted by molar-refractivity contribution is 0.311. The number of hydrogen-bond donors (Lipinski definition) is 3. The van der Waals surface area contributed by atoms with E-state index in [1.165, 1.54) is 0 Å². The Kier molecular flexibility index (Phi) is 3.27. The molecule has 0 aromatic carbocycles. The minimum absolute atomic E-state index is 0.0140. The van der Waals surface area contributed by atoms with Crippen molar-refractivity contribution < 1.29 is 5.11 Å². The van der Waals surface area contributed by atoms with Gasteiger partial charge in [-0.05, 0) is 6.92 Å². The van der Waals surface area contributed by atoms with E-state index < -0.39 is 0 Å². The Labute approximate surface area is 81.0 Å². The van der Waals surface area contributed by atoms with Gasteiger partial charge in [0.05, 0.1) is 6.61 Å². The maximum absolute atomic E-state index is 8.58. The lowest BCUT2D eigenvalue weighted by Gasteiger charge is -2.08. The standard InChI is InChI=1S/C7H11ClN4O/c1-4-11-6(8)5(9)7(12-4)10-2-3-13/h13H,2-3,9H2,1H3,(H,10,11,12). The Balaban J connectivity index is 2.92. The monoisotopic (exact) mass is 202 g/mol. The number of hydrogen-bond acceptors (Lipinski definition) is 5. The highest BCUT2D eigenvalue weighted by molar-refractivity contribution is 6.32. The summed E-state index contributed by atoms with van der Waals surface area (Å²) in [5.41, 5.74) is 5.90. The van der Waals surface area contributed by atoms with Crippen LogP contribution in [0.25, 0.3) is 0 Å². The van der Waals surface area contributed by atoms with Crippen LogP contribution in [0.1, 0.15) is 5.82 Å². The van der Waals surface area contributed by atoms with Crippen LogP contribution in [0, 0.1) is 6.92 Å². The topological polar surface area (TPSA) is 84.1 Å². The Hall–Kier alpha value is -1.07. The molecule has 0 unspecified atom stereocenters. The molecule has 0 aliphatic heterocycles. The summed E-state index contributed by atoms with van der Waals surface area (Å²) in [6, 6.07) is 0. The molecule has 1 aromatic rings. The largest absolute Gasteiger partial charge is 0.395 e. The summed E-state index contributed by atoms with van der Waals surface area (Å²) in [7, 11) is 0. The molecular formula is C7H11ClN4O. The van der Waals surface area contributed by atoms with E-state index in [9.17, 15) is 0 Å². The van der Waals surface area contributed by atoms with Crippen LogP contribution in [0.15, 0.2) is 0 Å². The third kappa shape index (κ3) is 2.43. The number of aliphatic hydroxyl groups excluding tert-OH is 1. The van der Waals surface area contributed by atoms with Gasteiger partial charge in [-0.15, -0.1) is 0 Å². The van der Waals surface area contributed by atoms with Crippen LogP contribution in [-0.2, 0) is 0 Å². The number of nitrogens with zero attached hydrogens (tertiary/aromatic N) is 2. The highest BCUT2D eigenvalue weighted by Crippen LogP contribution is 2.22. The second-order valence-electron chi connectivity index (χ2n) is 2.47. The SMILES string of the molecule is Cc1nc(Cl)c(N)c(NCCO)n1. The third-order valence-electron chi connectivity index (χ3n) is 1.42. The minimum atomic E-state index is 0.0140. The Morgan fingerprint density at radius 2 is 2.23 bits per heavy atom. The van der Waals surface area contributed by atoms with Gasteiger partial charge in [-0.1, -0.05) is 11.6 Å². The average molecular weight is 203 g/mol. The molecule has 0 saturated carbocycles. The summed E-state index contributed by atoms with van der Waals surface area (Å²) < 4.78 is 0. The molecule has 4 N–H and O–H groups in total. The van der Waals surface area contributed by atoms with Crippen LogP contribution in [0.2, 0.25) is 5.15 Å². The van der Waals surface area contributed by atoms with Crippen molar-refractivity contribution in [2.75, 3.05) is 24.2 Å². The summed E-state index contributed by atoms with van der Waals surface area (Å²) >= 11 is 5.72. The second-order valence-corrected chi connectivity index (χ2v) is 2.83. The number of halogens is 1. The molecule has 0 atom stereocenters. The number of nitrogens with one attached hydrogen (secondary N) is 1. The van der Waals surface area contributed by atoms with Gasteiger partial charge in [0.1, 0.15) is 11.5 Å². The number of anilines is 2. The van der Waals surface area contributed by atoms with E-state index in [0.717, 1.165) is 0 Å². The smallest absolute Gasteiger partial charge is 0.157 e. The zero-order valence-corrected chi connectivity index (χ0v) is 7.97. The third-order valence-corrected chi connectivity index (χ3v) is 1.70. The van der Waals surface area contributed by atoms with Gasteiger partial charge in [-0.2, -0.15) is 0 Å². The molecule has 1 rings (SSSR count). The van der Waals surface area contributed by atoms with Gasteiger partial charge >= 0.3 is 0 Å². The lowest BCUT2D eigenvalue weighted by Crippen LogP contribution is -2.10. The Bertz CT molecular complexity index is 305. The van der Waals surface area contributed by atoms with Gasteiger partial charge in [-0.25, -0.2) is 9.97 Å². The first kappa shape index (κ1) is 10.0. The number of rotatable bonds is 3. The van der Waals surface area contributed by atoms with Crippen LogP contribution < -0.4 is 11.1 Å². The van der Waals surface area contributed by atoms with Gasteiger partial charge in [0.15, 0.2) is 11.0 Å². The van der Waals surface area contributed by atoms with Crippen LogP contribution >= 0.6 is 11.6 Å². The van der Waals surface area contributed by atoms with Crippen LogP contribution in [0.4, 0.5) is 11.5 Å². The molecule has 0 fully saturated rings. The zero-order valence-electron chi connectivity index (χ0n) is 7.21. The molecule has 1 heterocycles. The number of aryl methyl sites for hydroxylation is 1. The zero-order chi connectivity index (χ0) is 9.84. The summed E-state index contributed by atoms with van der Waals surface area (Å²) in [5.74, 6) is 1.01. The lowest BCUT2D eigenvalue weighted by atomic mass is 10.4. The van der Waals surface area contributed by atoms with Crippen LogP contribution in [0.5, 0.6) is 0 Å². The van der Waals surface area contributed by atoms with E-state index in [1.54, 1.807) is 6.92 Å². The molecule has 0 spiro atoms. The van der Waals surface area contributed by atoms with E-state index in [-0.39, 0.29) is 11.8 Å². The van der Waals surface area contributed by atoms with Gasteiger partial charge in [0.2, 0.25) is 0 Å². The molecular weight excluding hydrogens is 192 g/mol. The van der Waals surface area contributed by atoms with E-state index >= 15 is 0 Å². The van der Waals surface area contributed by atoms with Crippen molar-refractivity contribution >= 4 is 23.1 Å². The molecule has 1 aromatic heterocycles. The fraction of sp³-hybridized carbons (Fsp3) is 0.429. The molecule has 0 saturated heterocycles.